The lowest BCUT2D eigenvalue weighted by Gasteiger charge is -2.41. The van der Waals surface area contributed by atoms with Crippen LogP contribution >= 0.6 is 0 Å². The maximum atomic E-state index is 12.7. The van der Waals surface area contributed by atoms with Crippen LogP contribution < -0.4 is 0 Å². The fourth-order valence-electron chi connectivity index (χ4n) is 5.38. The van der Waals surface area contributed by atoms with Gasteiger partial charge < -0.3 is 19.4 Å². The number of rotatable bonds is 4. The van der Waals surface area contributed by atoms with Crippen LogP contribution in [0.15, 0.2) is 0 Å². The van der Waals surface area contributed by atoms with Gasteiger partial charge in [0.15, 0.2) is 0 Å². The quantitative estimate of drug-likeness (QED) is 0.679. The molecule has 3 aliphatic heterocycles. The van der Waals surface area contributed by atoms with E-state index in [1.54, 1.807) is 4.90 Å². The number of carbonyl (C=O) groups is 2. The van der Waals surface area contributed by atoms with Gasteiger partial charge in [0.1, 0.15) is 6.42 Å². The van der Waals surface area contributed by atoms with Gasteiger partial charge >= 0.3 is 12.3 Å². The summed E-state index contributed by atoms with van der Waals surface area (Å²) in [6.07, 6.45) is 0.326. The molecule has 0 aromatic carbocycles. The van der Waals surface area contributed by atoms with Crippen molar-refractivity contribution in [2.45, 2.75) is 76.6 Å². The van der Waals surface area contributed by atoms with Gasteiger partial charge in [-0.1, -0.05) is 0 Å². The number of hydrogen-bond donors (Lipinski definition) is 0. The molecule has 2 unspecified atom stereocenters. The molecule has 172 valence electrons. The average Bonchev–Trinajstić information content (AvgIpc) is 3.05. The highest BCUT2D eigenvalue weighted by atomic mass is 19.4. The van der Waals surface area contributed by atoms with Gasteiger partial charge in [-0.25, -0.2) is 4.79 Å². The van der Waals surface area contributed by atoms with Crippen LogP contribution in [0.5, 0.6) is 0 Å². The minimum Gasteiger partial charge on any atom is -0.450 e. The van der Waals surface area contributed by atoms with E-state index in [4.69, 9.17) is 4.74 Å². The van der Waals surface area contributed by atoms with Crippen molar-refractivity contribution in [3.63, 3.8) is 0 Å². The van der Waals surface area contributed by atoms with Crippen molar-refractivity contribution in [1.82, 2.24) is 14.7 Å². The molecule has 3 saturated heterocycles. The molecule has 0 N–H and O–H groups in total. The van der Waals surface area contributed by atoms with Gasteiger partial charge in [0.05, 0.1) is 6.61 Å². The second kappa shape index (κ2) is 10.2. The predicted molar refractivity (Wildman–Crippen MR) is 106 cm³/mol. The molecule has 0 spiro atoms. The number of halogens is 3. The van der Waals surface area contributed by atoms with E-state index < -0.39 is 18.5 Å². The molecular weight excluding hydrogens is 399 g/mol. The van der Waals surface area contributed by atoms with Crippen LogP contribution in [-0.4, -0.2) is 84.3 Å². The third kappa shape index (κ3) is 6.02. The van der Waals surface area contributed by atoms with Crippen molar-refractivity contribution in [2.75, 3.05) is 39.3 Å². The smallest absolute Gasteiger partial charge is 0.409 e. The lowest BCUT2D eigenvalue weighted by Crippen LogP contribution is -2.48. The topological polar surface area (TPSA) is 53.1 Å². The Morgan fingerprint density at radius 1 is 0.933 bits per heavy atom. The Hall–Kier alpha value is -1.51. The summed E-state index contributed by atoms with van der Waals surface area (Å²) in [5.74, 6) is -0.488. The van der Waals surface area contributed by atoms with Crippen LogP contribution in [0.2, 0.25) is 0 Å². The number of amides is 2. The summed E-state index contributed by atoms with van der Waals surface area (Å²) in [6.45, 7) is 5.89. The minimum absolute atomic E-state index is 0.0459. The van der Waals surface area contributed by atoms with Crippen molar-refractivity contribution >= 4 is 12.0 Å². The first-order chi connectivity index (χ1) is 14.3. The number of alkyl halides is 3. The number of nitrogens with zero attached hydrogens (tertiary/aromatic N) is 3. The van der Waals surface area contributed by atoms with Gasteiger partial charge in [0.25, 0.3) is 0 Å². The average molecular weight is 434 g/mol. The lowest BCUT2D eigenvalue weighted by molar-refractivity contribution is -0.162. The first kappa shape index (κ1) is 23.2. The standard InChI is InChI=1S/C21H34F3N3O3/c1-2-30-20(29)26-10-3-5-17(9-14-26)25-12-7-16(8-13-25)18-6-4-11-27(18)19(28)15-21(22,23)24/h16-18H,2-15H2,1H3. The molecule has 0 aromatic heterocycles. The molecule has 3 heterocycles. The van der Waals surface area contributed by atoms with Crippen LogP contribution in [0.25, 0.3) is 0 Å². The zero-order valence-electron chi connectivity index (χ0n) is 17.8. The van der Waals surface area contributed by atoms with Crippen LogP contribution in [0.3, 0.4) is 0 Å². The number of piperidine rings is 1. The monoisotopic (exact) mass is 433 g/mol. The van der Waals surface area contributed by atoms with E-state index in [0.717, 1.165) is 64.6 Å². The van der Waals surface area contributed by atoms with Gasteiger partial charge in [-0.3, -0.25) is 4.79 Å². The zero-order valence-corrected chi connectivity index (χ0v) is 17.8. The molecule has 3 rings (SSSR count). The summed E-state index contributed by atoms with van der Waals surface area (Å²) in [4.78, 5) is 29.9. The number of ether oxygens (including phenoxy) is 1. The Morgan fingerprint density at radius 3 is 2.30 bits per heavy atom. The molecule has 0 aliphatic carbocycles. The van der Waals surface area contributed by atoms with Gasteiger partial charge in [0.2, 0.25) is 5.91 Å². The van der Waals surface area contributed by atoms with Crippen molar-refractivity contribution in [3.8, 4) is 0 Å². The van der Waals surface area contributed by atoms with E-state index in [0.29, 0.717) is 25.7 Å². The largest absolute Gasteiger partial charge is 0.450 e. The molecule has 2 atom stereocenters. The van der Waals surface area contributed by atoms with Gasteiger partial charge in [-0.2, -0.15) is 13.2 Å². The van der Waals surface area contributed by atoms with Gasteiger partial charge in [0, 0.05) is 31.7 Å². The highest BCUT2D eigenvalue weighted by molar-refractivity contribution is 5.77. The molecule has 0 radical (unpaired) electrons. The molecule has 0 saturated carbocycles. The molecule has 6 nitrogen and oxygen atoms in total. The Balaban J connectivity index is 1.48. The first-order valence-electron chi connectivity index (χ1n) is 11.3. The Bertz CT molecular complexity index is 594. The SMILES string of the molecule is CCOC(=O)N1CCCC(N2CCC(C3CCCN3C(=O)CC(F)(F)F)CC2)CC1. The van der Waals surface area contributed by atoms with Crippen molar-refractivity contribution in [1.29, 1.82) is 0 Å². The first-order valence-corrected chi connectivity index (χ1v) is 11.3. The maximum Gasteiger partial charge on any atom is 0.409 e. The van der Waals surface area contributed by atoms with E-state index in [-0.39, 0.29) is 18.1 Å². The van der Waals surface area contributed by atoms with E-state index in [9.17, 15) is 22.8 Å². The molecule has 0 bridgehead atoms. The van der Waals surface area contributed by atoms with E-state index in [2.05, 4.69) is 4.90 Å². The minimum atomic E-state index is -4.44. The van der Waals surface area contributed by atoms with E-state index >= 15 is 0 Å². The van der Waals surface area contributed by atoms with Crippen LogP contribution in [0, 0.1) is 5.92 Å². The summed E-state index contributed by atoms with van der Waals surface area (Å²) in [5.41, 5.74) is 0. The molecule has 2 amide bonds. The van der Waals surface area contributed by atoms with Gasteiger partial charge in [-0.05, 0) is 70.9 Å². The third-order valence-corrected chi connectivity index (χ3v) is 6.83. The Kier molecular flexibility index (Phi) is 7.87. The van der Waals surface area contributed by atoms with Crippen LogP contribution in [0.4, 0.5) is 18.0 Å². The Labute approximate surface area is 176 Å². The van der Waals surface area contributed by atoms with E-state index in [1.807, 2.05) is 6.92 Å². The third-order valence-electron chi connectivity index (χ3n) is 6.83. The van der Waals surface area contributed by atoms with Crippen molar-refractivity contribution < 1.29 is 27.5 Å². The molecule has 9 heteroatoms. The summed E-state index contributed by atoms with van der Waals surface area (Å²) in [6, 6.07) is 0.382. The van der Waals surface area contributed by atoms with Crippen LogP contribution in [0.1, 0.15) is 58.3 Å². The van der Waals surface area contributed by atoms with Crippen LogP contribution in [-0.2, 0) is 9.53 Å². The highest BCUT2D eigenvalue weighted by Gasteiger charge is 2.41. The molecule has 30 heavy (non-hydrogen) atoms. The van der Waals surface area contributed by atoms with Crippen molar-refractivity contribution in [2.24, 2.45) is 5.92 Å². The second-order valence-electron chi connectivity index (χ2n) is 8.73. The molecule has 0 aromatic rings. The zero-order chi connectivity index (χ0) is 21.7. The fraction of sp³-hybridized carbons (Fsp3) is 0.905. The molecular formula is C21H34F3N3O3. The lowest BCUT2D eigenvalue weighted by atomic mass is 9.86. The van der Waals surface area contributed by atoms with Crippen molar-refractivity contribution in [3.05, 3.63) is 0 Å². The fourth-order valence-corrected chi connectivity index (χ4v) is 5.38. The summed E-state index contributed by atoms with van der Waals surface area (Å²) in [5, 5.41) is 0. The molecule has 3 fully saturated rings. The Morgan fingerprint density at radius 2 is 1.63 bits per heavy atom. The number of hydrogen-bond acceptors (Lipinski definition) is 4. The number of carbonyl (C=O) groups excluding carboxylic acids is 2. The normalized spacial score (nSPS) is 27.2. The van der Waals surface area contributed by atoms with Gasteiger partial charge in [-0.15, -0.1) is 0 Å². The summed E-state index contributed by atoms with van der Waals surface area (Å²) >= 11 is 0. The molecule has 3 aliphatic rings. The highest BCUT2D eigenvalue weighted by Crippen LogP contribution is 2.34. The number of likely N-dealkylation sites (tertiary alicyclic amines) is 3. The summed E-state index contributed by atoms with van der Waals surface area (Å²) in [7, 11) is 0. The maximum absolute atomic E-state index is 12.7. The second-order valence-corrected chi connectivity index (χ2v) is 8.73. The predicted octanol–water partition coefficient (Wildman–Crippen LogP) is 3.65. The summed E-state index contributed by atoms with van der Waals surface area (Å²) < 4.78 is 43.1. The van der Waals surface area contributed by atoms with E-state index in [1.165, 1.54) is 4.90 Å².